The maximum Gasteiger partial charge on any atom is 0.407 e. The van der Waals surface area contributed by atoms with Gasteiger partial charge in [0.2, 0.25) is 5.91 Å². The largest absolute Gasteiger partial charge is 0.466 e. The minimum atomic E-state index is -0.591. The molecule has 0 saturated heterocycles. The third-order valence-corrected chi connectivity index (χ3v) is 3.75. The molecule has 0 unspecified atom stereocenters. The summed E-state index contributed by atoms with van der Waals surface area (Å²) in [5.41, 5.74) is 4.60. The van der Waals surface area contributed by atoms with Gasteiger partial charge in [0.05, 0.1) is 19.3 Å². The zero-order chi connectivity index (χ0) is 21.4. The molecule has 0 aromatic rings. The van der Waals surface area contributed by atoms with E-state index in [0.717, 1.165) is 32.1 Å². The number of unbranched alkanes of at least 4 members (excludes halogenated alkanes) is 4. The van der Waals surface area contributed by atoms with Gasteiger partial charge in [0.15, 0.2) is 0 Å². The van der Waals surface area contributed by atoms with E-state index in [1.807, 2.05) is 0 Å². The standard InChI is InChI=1S/C20H38N2O6/c1-5-27-18(24)11-9-7-6-8-10-14-26-15-16(12-13-17(21)23)22-19(25)28-20(2,3)4/h16H,5-15H2,1-4H3,(H2,21,23)(H,22,25)/t16-/m0/s1. The normalized spacial score (nSPS) is 12.3. The average molecular weight is 403 g/mol. The summed E-state index contributed by atoms with van der Waals surface area (Å²) in [5, 5.41) is 2.73. The summed E-state index contributed by atoms with van der Waals surface area (Å²) < 4.78 is 15.8. The number of primary amides is 1. The molecule has 0 spiro atoms. The van der Waals surface area contributed by atoms with E-state index >= 15 is 0 Å². The molecular weight excluding hydrogens is 364 g/mol. The van der Waals surface area contributed by atoms with Crippen molar-refractivity contribution in [1.29, 1.82) is 0 Å². The van der Waals surface area contributed by atoms with E-state index in [1.54, 1.807) is 27.7 Å². The van der Waals surface area contributed by atoms with Gasteiger partial charge in [0, 0.05) is 19.4 Å². The van der Waals surface area contributed by atoms with Crippen LogP contribution in [0.1, 0.15) is 79.1 Å². The fraction of sp³-hybridized carbons (Fsp3) is 0.850. The van der Waals surface area contributed by atoms with Crippen LogP contribution in [0, 0.1) is 0 Å². The van der Waals surface area contributed by atoms with Crippen molar-refractivity contribution < 1.29 is 28.6 Å². The van der Waals surface area contributed by atoms with Gasteiger partial charge in [0.25, 0.3) is 0 Å². The van der Waals surface area contributed by atoms with E-state index in [4.69, 9.17) is 19.9 Å². The van der Waals surface area contributed by atoms with Crippen molar-refractivity contribution in [3.8, 4) is 0 Å². The highest BCUT2D eigenvalue weighted by atomic mass is 16.6. The molecule has 0 fully saturated rings. The van der Waals surface area contributed by atoms with Gasteiger partial charge in [-0.1, -0.05) is 19.3 Å². The second-order valence-electron chi connectivity index (χ2n) is 7.75. The quantitative estimate of drug-likeness (QED) is 0.321. The minimum Gasteiger partial charge on any atom is -0.466 e. The molecule has 0 saturated carbocycles. The van der Waals surface area contributed by atoms with E-state index < -0.39 is 17.6 Å². The first kappa shape index (κ1) is 26.2. The summed E-state index contributed by atoms with van der Waals surface area (Å²) >= 11 is 0. The van der Waals surface area contributed by atoms with Crippen LogP contribution in [0.3, 0.4) is 0 Å². The predicted molar refractivity (Wildman–Crippen MR) is 107 cm³/mol. The molecule has 0 aromatic carbocycles. The van der Waals surface area contributed by atoms with E-state index in [2.05, 4.69) is 5.32 Å². The van der Waals surface area contributed by atoms with Gasteiger partial charge >= 0.3 is 12.1 Å². The lowest BCUT2D eigenvalue weighted by molar-refractivity contribution is -0.143. The Labute approximate surface area is 168 Å². The molecule has 1 atom stereocenters. The maximum absolute atomic E-state index is 11.9. The zero-order valence-corrected chi connectivity index (χ0v) is 17.9. The van der Waals surface area contributed by atoms with Crippen LogP contribution in [0.25, 0.3) is 0 Å². The van der Waals surface area contributed by atoms with Crippen LogP contribution in [0.4, 0.5) is 4.79 Å². The van der Waals surface area contributed by atoms with Crippen molar-refractivity contribution in [2.45, 2.75) is 90.7 Å². The number of carbonyl (C=O) groups is 3. The summed E-state index contributed by atoms with van der Waals surface area (Å²) in [4.78, 5) is 34.1. The molecular formula is C20H38N2O6. The molecule has 0 heterocycles. The molecule has 2 amide bonds. The highest BCUT2D eigenvalue weighted by molar-refractivity contribution is 5.74. The SMILES string of the molecule is CCOC(=O)CCCCCCCOC[C@H](CCC(N)=O)NC(=O)OC(C)(C)C. The van der Waals surface area contributed by atoms with Gasteiger partial charge in [-0.15, -0.1) is 0 Å². The number of nitrogens with two attached hydrogens (primary N) is 1. The number of ether oxygens (including phenoxy) is 3. The lowest BCUT2D eigenvalue weighted by atomic mass is 10.1. The molecule has 28 heavy (non-hydrogen) atoms. The van der Waals surface area contributed by atoms with Crippen LogP contribution < -0.4 is 11.1 Å². The summed E-state index contributed by atoms with van der Waals surface area (Å²) in [7, 11) is 0. The fourth-order valence-corrected chi connectivity index (χ4v) is 2.45. The molecule has 0 aliphatic rings. The van der Waals surface area contributed by atoms with Gasteiger partial charge in [0.1, 0.15) is 5.60 Å². The number of alkyl carbamates (subject to hydrolysis) is 1. The van der Waals surface area contributed by atoms with Crippen LogP contribution in [0.5, 0.6) is 0 Å². The molecule has 0 rings (SSSR count). The molecule has 0 aliphatic carbocycles. The van der Waals surface area contributed by atoms with Gasteiger partial charge in [-0.3, -0.25) is 9.59 Å². The Morgan fingerprint density at radius 1 is 1.00 bits per heavy atom. The van der Waals surface area contributed by atoms with Crippen LogP contribution in [0.15, 0.2) is 0 Å². The summed E-state index contributed by atoms with van der Waals surface area (Å²) in [6.07, 6.45) is 5.28. The predicted octanol–water partition coefficient (Wildman–Crippen LogP) is 3.07. The third-order valence-electron chi connectivity index (χ3n) is 3.75. The summed E-state index contributed by atoms with van der Waals surface area (Å²) in [6.45, 7) is 8.46. The van der Waals surface area contributed by atoms with Gasteiger partial charge in [-0.05, 0) is 47.0 Å². The second kappa shape index (κ2) is 15.1. The van der Waals surface area contributed by atoms with Crippen molar-refractivity contribution in [3.63, 3.8) is 0 Å². The minimum absolute atomic E-state index is 0.134. The number of esters is 1. The Balaban J connectivity index is 3.93. The average Bonchev–Trinajstić information content (AvgIpc) is 2.56. The number of hydrogen-bond donors (Lipinski definition) is 2. The highest BCUT2D eigenvalue weighted by Crippen LogP contribution is 2.09. The Bertz CT molecular complexity index is 462. The maximum atomic E-state index is 11.9. The van der Waals surface area contributed by atoms with E-state index in [-0.39, 0.29) is 18.4 Å². The Morgan fingerprint density at radius 3 is 2.25 bits per heavy atom. The van der Waals surface area contributed by atoms with Crippen molar-refractivity contribution in [2.24, 2.45) is 5.73 Å². The van der Waals surface area contributed by atoms with E-state index in [0.29, 0.717) is 32.7 Å². The molecule has 0 radical (unpaired) electrons. The molecule has 3 N–H and O–H groups in total. The zero-order valence-electron chi connectivity index (χ0n) is 17.9. The van der Waals surface area contributed by atoms with Gasteiger partial charge < -0.3 is 25.3 Å². The first-order valence-corrected chi connectivity index (χ1v) is 10.1. The van der Waals surface area contributed by atoms with Crippen LogP contribution in [0.2, 0.25) is 0 Å². The van der Waals surface area contributed by atoms with Crippen molar-refractivity contribution in [3.05, 3.63) is 0 Å². The highest BCUT2D eigenvalue weighted by Gasteiger charge is 2.20. The molecule has 164 valence electrons. The second-order valence-corrected chi connectivity index (χ2v) is 7.75. The molecule has 0 aromatic heterocycles. The third kappa shape index (κ3) is 17.6. The fourth-order valence-electron chi connectivity index (χ4n) is 2.45. The Morgan fingerprint density at radius 2 is 1.64 bits per heavy atom. The number of rotatable bonds is 15. The topological polar surface area (TPSA) is 117 Å². The van der Waals surface area contributed by atoms with Gasteiger partial charge in [-0.25, -0.2) is 4.79 Å². The first-order valence-electron chi connectivity index (χ1n) is 10.1. The lowest BCUT2D eigenvalue weighted by Crippen LogP contribution is -2.42. The van der Waals surface area contributed by atoms with Crippen LogP contribution in [-0.4, -0.2) is 49.4 Å². The Kier molecular flexibility index (Phi) is 14.1. The van der Waals surface area contributed by atoms with Crippen molar-refractivity contribution in [1.82, 2.24) is 5.32 Å². The lowest BCUT2D eigenvalue weighted by Gasteiger charge is -2.23. The molecule has 8 heteroatoms. The number of hydrogen-bond acceptors (Lipinski definition) is 6. The molecule has 8 nitrogen and oxygen atoms in total. The number of nitrogens with one attached hydrogen (secondary N) is 1. The molecule has 0 bridgehead atoms. The number of amides is 2. The number of carbonyl (C=O) groups excluding carboxylic acids is 3. The summed E-state index contributed by atoms with van der Waals surface area (Å²) in [5.74, 6) is -0.552. The van der Waals surface area contributed by atoms with Crippen LogP contribution >= 0.6 is 0 Å². The van der Waals surface area contributed by atoms with Crippen molar-refractivity contribution in [2.75, 3.05) is 19.8 Å². The monoisotopic (exact) mass is 402 g/mol. The van der Waals surface area contributed by atoms with E-state index in [9.17, 15) is 14.4 Å². The Hall–Kier alpha value is -1.83. The van der Waals surface area contributed by atoms with Crippen LogP contribution in [-0.2, 0) is 23.8 Å². The molecule has 0 aliphatic heterocycles. The summed E-state index contributed by atoms with van der Waals surface area (Å²) in [6, 6.07) is -0.327. The van der Waals surface area contributed by atoms with Crippen molar-refractivity contribution >= 4 is 18.0 Å². The van der Waals surface area contributed by atoms with E-state index in [1.165, 1.54) is 0 Å². The first-order chi connectivity index (χ1) is 13.1. The smallest absolute Gasteiger partial charge is 0.407 e. The van der Waals surface area contributed by atoms with Gasteiger partial charge in [-0.2, -0.15) is 0 Å².